The Morgan fingerprint density at radius 3 is 2.45 bits per heavy atom. The first kappa shape index (κ1) is 8.16. The maximum Gasteiger partial charge on any atom is 0.298 e. The predicted molar refractivity (Wildman–Crippen MR) is 38.4 cm³/mol. The monoisotopic (exact) mass is 174 g/mol. The van der Waals surface area contributed by atoms with Gasteiger partial charge in [-0.05, 0) is 6.08 Å². The van der Waals surface area contributed by atoms with Crippen LogP contribution in [0.5, 0.6) is 0 Å². The van der Waals surface area contributed by atoms with Gasteiger partial charge in [0.25, 0.3) is 10.1 Å². The lowest BCUT2D eigenvalue weighted by atomic mass is 10.2. The Morgan fingerprint density at radius 2 is 2.09 bits per heavy atom. The van der Waals surface area contributed by atoms with Gasteiger partial charge in [0.1, 0.15) is 4.91 Å². The van der Waals surface area contributed by atoms with Gasteiger partial charge in [0.05, 0.1) is 0 Å². The van der Waals surface area contributed by atoms with Crippen molar-refractivity contribution in [2.75, 3.05) is 0 Å². The van der Waals surface area contributed by atoms with Gasteiger partial charge >= 0.3 is 0 Å². The zero-order valence-electron chi connectivity index (χ0n) is 5.52. The highest BCUT2D eigenvalue weighted by Crippen LogP contribution is 2.12. The van der Waals surface area contributed by atoms with Gasteiger partial charge in [-0.2, -0.15) is 8.42 Å². The fourth-order valence-corrected chi connectivity index (χ4v) is 1.38. The summed E-state index contributed by atoms with van der Waals surface area (Å²) in [5.41, 5.74) is 0. The van der Waals surface area contributed by atoms with Crippen LogP contribution in [-0.4, -0.2) is 18.8 Å². The summed E-state index contributed by atoms with van der Waals surface area (Å²) in [5, 5.41) is 0. The SMILES string of the molecule is O=C1CC=CC=C1S(=O)(=O)O. The van der Waals surface area contributed by atoms with Gasteiger partial charge in [-0.3, -0.25) is 9.35 Å². The highest BCUT2D eigenvalue weighted by atomic mass is 32.2. The molecule has 5 heteroatoms. The number of hydrogen-bond acceptors (Lipinski definition) is 3. The van der Waals surface area contributed by atoms with Crippen LogP contribution in [0.15, 0.2) is 23.1 Å². The fraction of sp³-hybridized carbons (Fsp3) is 0.167. The van der Waals surface area contributed by atoms with Gasteiger partial charge in [-0.25, -0.2) is 0 Å². The summed E-state index contributed by atoms with van der Waals surface area (Å²) < 4.78 is 29.3. The van der Waals surface area contributed by atoms with Crippen molar-refractivity contribution in [2.24, 2.45) is 0 Å². The van der Waals surface area contributed by atoms with Crippen LogP contribution in [0.2, 0.25) is 0 Å². The molecule has 1 rings (SSSR count). The summed E-state index contributed by atoms with van der Waals surface area (Å²) in [4.78, 5) is 10.3. The van der Waals surface area contributed by atoms with E-state index in [0.717, 1.165) is 6.08 Å². The molecule has 0 aromatic carbocycles. The lowest BCUT2D eigenvalue weighted by Crippen LogP contribution is -2.13. The first-order chi connectivity index (χ1) is 5.02. The molecule has 0 aromatic rings. The first-order valence-corrected chi connectivity index (χ1v) is 4.33. The summed E-state index contributed by atoms with van der Waals surface area (Å²) >= 11 is 0. The second kappa shape index (κ2) is 2.60. The Bertz CT molecular complexity index is 334. The van der Waals surface area contributed by atoms with Crippen LogP contribution in [-0.2, 0) is 14.9 Å². The van der Waals surface area contributed by atoms with Crippen LogP contribution >= 0.6 is 0 Å². The number of hydrogen-bond donors (Lipinski definition) is 1. The summed E-state index contributed by atoms with van der Waals surface area (Å²) in [6.45, 7) is 0. The summed E-state index contributed by atoms with van der Waals surface area (Å²) in [6.07, 6.45) is 4.06. The molecule has 0 radical (unpaired) electrons. The molecule has 0 spiro atoms. The van der Waals surface area contributed by atoms with E-state index >= 15 is 0 Å². The molecule has 4 nitrogen and oxygen atoms in total. The van der Waals surface area contributed by atoms with Crippen LogP contribution in [0, 0.1) is 0 Å². The number of Topliss-reactive ketones (excluding diaryl/α,β-unsaturated/α-hetero) is 1. The fourth-order valence-electron chi connectivity index (χ4n) is 0.754. The van der Waals surface area contributed by atoms with Gasteiger partial charge < -0.3 is 0 Å². The Balaban J connectivity index is 3.14. The molecule has 1 aliphatic carbocycles. The van der Waals surface area contributed by atoms with Crippen molar-refractivity contribution in [1.82, 2.24) is 0 Å². The van der Waals surface area contributed by atoms with Gasteiger partial charge in [0.15, 0.2) is 5.78 Å². The van der Waals surface area contributed by atoms with E-state index in [1.807, 2.05) is 0 Å². The highest BCUT2D eigenvalue weighted by molar-refractivity contribution is 7.90. The topological polar surface area (TPSA) is 71.4 Å². The van der Waals surface area contributed by atoms with Crippen molar-refractivity contribution in [1.29, 1.82) is 0 Å². The molecule has 1 aliphatic rings. The van der Waals surface area contributed by atoms with Crippen molar-refractivity contribution >= 4 is 15.9 Å². The molecule has 0 amide bonds. The molecule has 0 heterocycles. The van der Waals surface area contributed by atoms with Crippen LogP contribution in [0.25, 0.3) is 0 Å². The largest absolute Gasteiger partial charge is 0.298 e. The minimum absolute atomic E-state index is 0.0334. The molecule has 0 unspecified atom stereocenters. The molecule has 0 fully saturated rings. The molecule has 1 N–H and O–H groups in total. The quantitative estimate of drug-likeness (QED) is 0.580. The Hall–Kier alpha value is -0.940. The number of rotatable bonds is 1. The van der Waals surface area contributed by atoms with E-state index in [4.69, 9.17) is 4.55 Å². The van der Waals surface area contributed by atoms with Gasteiger partial charge in [-0.1, -0.05) is 12.2 Å². The number of carbonyl (C=O) groups excluding carboxylic acids is 1. The van der Waals surface area contributed by atoms with Gasteiger partial charge in [-0.15, -0.1) is 0 Å². The predicted octanol–water partition coefficient (Wildman–Crippen LogP) is 0.287. The van der Waals surface area contributed by atoms with Crippen molar-refractivity contribution in [2.45, 2.75) is 6.42 Å². The standard InChI is InChI=1S/C6H6O4S/c7-5-3-1-2-4-6(5)11(8,9)10/h1-2,4H,3H2,(H,8,9,10). The molecular formula is C6H6O4S. The normalized spacial score (nSPS) is 18.3. The van der Waals surface area contributed by atoms with E-state index < -0.39 is 20.8 Å². The molecule has 0 aromatic heterocycles. The van der Waals surface area contributed by atoms with E-state index in [0.29, 0.717) is 0 Å². The van der Waals surface area contributed by atoms with E-state index in [9.17, 15) is 13.2 Å². The molecule has 60 valence electrons. The summed E-state index contributed by atoms with van der Waals surface area (Å²) in [6, 6.07) is 0. The van der Waals surface area contributed by atoms with Crippen molar-refractivity contribution < 1.29 is 17.8 Å². The maximum atomic E-state index is 10.8. The molecule has 11 heavy (non-hydrogen) atoms. The van der Waals surface area contributed by atoms with Crippen LogP contribution in [0.1, 0.15) is 6.42 Å². The minimum Gasteiger partial charge on any atom is -0.293 e. The van der Waals surface area contributed by atoms with E-state index in [1.165, 1.54) is 12.2 Å². The van der Waals surface area contributed by atoms with E-state index in [2.05, 4.69) is 0 Å². The van der Waals surface area contributed by atoms with Crippen LogP contribution < -0.4 is 0 Å². The molecule has 0 bridgehead atoms. The molecule has 0 saturated heterocycles. The third-order valence-corrected chi connectivity index (χ3v) is 2.16. The Labute approximate surface area is 64.0 Å². The van der Waals surface area contributed by atoms with Crippen molar-refractivity contribution in [3.05, 3.63) is 23.1 Å². The maximum absolute atomic E-state index is 10.8. The second-order valence-corrected chi connectivity index (χ2v) is 3.45. The molecule has 0 atom stereocenters. The molecule has 0 aliphatic heterocycles. The van der Waals surface area contributed by atoms with Crippen molar-refractivity contribution in [3.63, 3.8) is 0 Å². The Kier molecular flexibility index (Phi) is 1.92. The smallest absolute Gasteiger partial charge is 0.293 e. The third-order valence-electron chi connectivity index (χ3n) is 1.24. The minimum atomic E-state index is -4.31. The highest BCUT2D eigenvalue weighted by Gasteiger charge is 2.21. The first-order valence-electron chi connectivity index (χ1n) is 2.89. The summed E-state index contributed by atoms with van der Waals surface area (Å²) in [7, 11) is -4.31. The average Bonchev–Trinajstić information content (AvgIpc) is 1.86. The van der Waals surface area contributed by atoms with Gasteiger partial charge in [0, 0.05) is 6.42 Å². The zero-order valence-corrected chi connectivity index (χ0v) is 6.34. The Morgan fingerprint density at radius 1 is 1.45 bits per heavy atom. The third kappa shape index (κ3) is 1.75. The lowest BCUT2D eigenvalue weighted by molar-refractivity contribution is -0.114. The van der Waals surface area contributed by atoms with Crippen LogP contribution in [0.4, 0.5) is 0 Å². The second-order valence-electron chi connectivity index (χ2n) is 2.06. The number of allylic oxidation sites excluding steroid dienone is 4. The molecular weight excluding hydrogens is 168 g/mol. The van der Waals surface area contributed by atoms with E-state index in [-0.39, 0.29) is 6.42 Å². The zero-order chi connectivity index (χ0) is 8.48. The van der Waals surface area contributed by atoms with Crippen molar-refractivity contribution in [3.8, 4) is 0 Å². The van der Waals surface area contributed by atoms with Crippen LogP contribution in [0.3, 0.4) is 0 Å². The number of carbonyl (C=O) groups is 1. The number of ketones is 1. The average molecular weight is 174 g/mol. The summed E-state index contributed by atoms with van der Waals surface area (Å²) in [5.74, 6) is -0.574. The molecule has 0 saturated carbocycles. The van der Waals surface area contributed by atoms with Gasteiger partial charge in [0.2, 0.25) is 0 Å². The van der Waals surface area contributed by atoms with E-state index in [1.54, 1.807) is 0 Å². The lowest BCUT2D eigenvalue weighted by Gasteiger charge is -2.02.